The molecule has 1 aromatic carbocycles. The van der Waals surface area contributed by atoms with Crippen LogP contribution in [-0.2, 0) is 15.5 Å². The molecule has 0 radical (unpaired) electrons. The van der Waals surface area contributed by atoms with Crippen molar-refractivity contribution in [3.8, 4) is 0 Å². The first-order valence-electron chi connectivity index (χ1n) is 5.38. The van der Waals surface area contributed by atoms with Crippen LogP contribution in [-0.4, -0.2) is 23.7 Å². The third-order valence-electron chi connectivity index (χ3n) is 2.43. The third-order valence-corrected chi connectivity index (χ3v) is 3.87. The Morgan fingerprint density at radius 2 is 2.12 bits per heavy atom. The molecule has 1 rings (SSSR count). The summed E-state index contributed by atoms with van der Waals surface area (Å²) in [6.07, 6.45) is 1.88. The predicted octanol–water partition coefficient (Wildman–Crippen LogP) is 2.11. The second-order valence-electron chi connectivity index (χ2n) is 3.77. The lowest BCUT2D eigenvalue weighted by atomic mass is 10.2. The van der Waals surface area contributed by atoms with Gasteiger partial charge in [0.25, 0.3) is 0 Å². The molecule has 16 heavy (non-hydrogen) atoms. The molecule has 0 spiro atoms. The molecular formula is C12H19NO2S. The van der Waals surface area contributed by atoms with Crippen molar-refractivity contribution in [1.29, 1.82) is 0 Å². The maximum Gasteiger partial charge on any atom is 0.0529 e. The zero-order valence-corrected chi connectivity index (χ0v) is 10.7. The number of hydrogen-bond donors (Lipinski definition) is 1. The SMILES string of the molecule is COCCCCS(=O)c1ccc(N)c(C)c1. The van der Waals surface area contributed by atoms with Gasteiger partial charge in [-0.3, -0.25) is 4.21 Å². The fourth-order valence-electron chi connectivity index (χ4n) is 1.39. The number of benzene rings is 1. The average molecular weight is 241 g/mol. The van der Waals surface area contributed by atoms with E-state index in [9.17, 15) is 4.21 Å². The van der Waals surface area contributed by atoms with E-state index < -0.39 is 10.8 Å². The number of nitrogens with two attached hydrogens (primary N) is 1. The number of unbranched alkanes of at least 4 members (excludes halogenated alkanes) is 1. The van der Waals surface area contributed by atoms with E-state index >= 15 is 0 Å². The van der Waals surface area contributed by atoms with Gasteiger partial charge in [-0.2, -0.15) is 0 Å². The lowest BCUT2D eigenvalue weighted by Crippen LogP contribution is -2.01. The van der Waals surface area contributed by atoms with Gasteiger partial charge in [-0.1, -0.05) is 0 Å². The highest BCUT2D eigenvalue weighted by atomic mass is 32.2. The van der Waals surface area contributed by atoms with Crippen LogP contribution in [0.2, 0.25) is 0 Å². The number of rotatable bonds is 6. The number of aryl methyl sites for hydroxylation is 1. The lowest BCUT2D eigenvalue weighted by Gasteiger charge is -2.05. The van der Waals surface area contributed by atoms with Crippen LogP contribution in [0.5, 0.6) is 0 Å². The van der Waals surface area contributed by atoms with Gasteiger partial charge < -0.3 is 10.5 Å². The third kappa shape index (κ3) is 3.94. The van der Waals surface area contributed by atoms with Crippen molar-refractivity contribution in [1.82, 2.24) is 0 Å². The number of nitrogen functional groups attached to an aromatic ring is 1. The van der Waals surface area contributed by atoms with Crippen molar-refractivity contribution in [3.63, 3.8) is 0 Å². The van der Waals surface area contributed by atoms with Gasteiger partial charge in [0.05, 0.1) is 10.8 Å². The van der Waals surface area contributed by atoms with Crippen LogP contribution in [0.3, 0.4) is 0 Å². The molecule has 2 N–H and O–H groups in total. The highest BCUT2D eigenvalue weighted by Crippen LogP contribution is 2.16. The van der Waals surface area contributed by atoms with E-state index in [1.54, 1.807) is 7.11 Å². The Balaban J connectivity index is 2.50. The normalized spacial score (nSPS) is 12.6. The number of methoxy groups -OCH3 is 1. The van der Waals surface area contributed by atoms with E-state index in [-0.39, 0.29) is 0 Å². The van der Waals surface area contributed by atoms with Gasteiger partial charge in [-0.25, -0.2) is 0 Å². The fraction of sp³-hybridized carbons (Fsp3) is 0.500. The Kier molecular flexibility index (Phi) is 5.49. The molecule has 1 atom stereocenters. The molecule has 0 saturated carbocycles. The van der Waals surface area contributed by atoms with Crippen LogP contribution < -0.4 is 5.73 Å². The quantitative estimate of drug-likeness (QED) is 0.613. The largest absolute Gasteiger partial charge is 0.399 e. The van der Waals surface area contributed by atoms with E-state index in [2.05, 4.69) is 0 Å². The molecule has 3 nitrogen and oxygen atoms in total. The molecule has 0 fully saturated rings. The van der Waals surface area contributed by atoms with Crippen molar-refractivity contribution >= 4 is 16.5 Å². The summed E-state index contributed by atoms with van der Waals surface area (Å²) in [4.78, 5) is 0.865. The molecule has 0 bridgehead atoms. The summed E-state index contributed by atoms with van der Waals surface area (Å²) in [5.41, 5.74) is 7.45. The molecular weight excluding hydrogens is 222 g/mol. The molecule has 4 heteroatoms. The van der Waals surface area contributed by atoms with Gasteiger partial charge >= 0.3 is 0 Å². The Hall–Kier alpha value is -0.870. The van der Waals surface area contributed by atoms with Crippen molar-refractivity contribution in [2.75, 3.05) is 25.2 Å². The zero-order valence-electron chi connectivity index (χ0n) is 9.86. The molecule has 0 heterocycles. The molecule has 0 amide bonds. The van der Waals surface area contributed by atoms with Crippen LogP contribution >= 0.6 is 0 Å². The van der Waals surface area contributed by atoms with Crippen LogP contribution in [0.25, 0.3) is 0 Å². The van der Waals surface area contributed by atoms with Crippen molar-refractivity contribution in [3.05, 3.63) is 23.8 Å². The van der Waals surface area contributed by atoms with E-state index in [1.165, 1.54) is 0 Å². The standard InChI is InChI=1S/C12H19NO2S/c1-10-9-11(5-6-12(10)13)16(14)8-4-3-7-15-2/h5-6,9H,3-4,7-8,13H2,1-2H3. The first kappa shape index (κ1) is 13.2. The van der Waals surface area contributed by atoms with Gasteiger partial charge in [-0.05, 0) is 43.5 Å². The minimum absolute atomic E-state index is 0.687. The second kappa shape index (κ2) is 6.66. The van der Waals surface area contributed by atoms with Crippen molar-refractivity contribution in [2.45, 2.75) is 24.7 Å². The summed E-state index contributed by atoms with van der Waals surface area (Å²) in [5.74, 6) is 0.687. The highest BCUT2D eigenvalue weighted by Gasteiger charge is 2.04. The molecule has 0 aromatic heterocycles. The van der Waals surface area contributed by atoms with Crippen LogP contribution in [0, 0.1) is 6.92 Å². The van der Waals surface area contributed by atoms with E-state index in [0.29, 0.717) is 5.75 Å². The Labute approximate surface area is 99.4 Å². The lowest BCUT2D eigenvalue weighted by molar-refractivity contribution is 0.194. The van der Waals surface area contributed by atoms with Gasteiger partial charge in [0.2, 0.25) is 0 Å². The summed E-state index contributed by atoms with van der Waals surface area (Å²) < 4.78 is 16.8. The van der Waals surface area contributed by atoms with E-state index in [1.807, 2.05) is 25.1 Å². The van der Waals surface area contributed by atoms with Crippen LogP contribution in [0.4, 0.5) is 5.69 Å². The molecule has 90 valence electrons. The van der Waals surface area contributed by atoms with Gasteiger partial charge in [0.1, 0.15) is 0 Å². The minimum atomic E-state index is -0.917. The molecule has 0 aliphatic rings. The summed E-state index contributed by atoms with van der Waals surface area (Å²) in [6.45, 7) is 2.67. The Morgan fingerprint density at radius 1 is 1.38 bits per heavy atom. The number of ether oxygens (including phenoxy) is 1. The summed E-state index contributed by atoms with van der Waals surface area (Å²) in [6, 6.07) is 5.56. The Bertz CT molecular complexity index is 366. The maximum atomic E-state index is 11.9. The molecule has 1 aromatic rings. The second-order valence-corrected chi connectivity index (χ2v) is 5.34. The average Bonchev–Trinajstić information content (AvgIpc) is 2.28. The van der Waals surface area contributed by atoms with Gasteiger partial charge in [-0.15, -0.1) is 0 Å². The fourth-order valence-corrected chi connectivity index (χ4v) is 2.62. The van der Waals surface area contributed by atoms with Crippen LogP contribution in [0.1, 0.15) is 18.4 Å². The molecule has 0 aliphatic carbocycles. The van der Waals surface area contributed by atoms with Crippen molar-refractivity contribution in [2.24, 2.45) is 0 Å². The summed E-state index contributed by atoms with van der Waals surface area (Å²) in [7, 11) is 0.764. The summed E-state index contributed by atoms with van der Waals surface area (Å²) >= 11 is 0. The smallest absolute Gasteiger partial charge is 0.0529 e. The topological polar surface area (TPSA) is 52.3 Å². The Morgan fingerprint density at radius 3 is 2.75 bits per heavy atom. The molecule has 0 aliphatic heterocycles. The molecule has 0 saturated heterocycles. The van der Waals surface area contributed by atoms with E-state index in [4.69, 9.17) is 10.5 Å². The monoisotopic (exact) mass is 241 g/mol. The number of hydrogen-bond acceptors (Lipinski definition) is 3. The number of anilines is 1. The molecule has 1 unspecified atom stereocenters. The first-order chi connectivity index (χ1) is 7.65. The zero-order chi connectivity index (χ0) is 12.0. The first-order valence-corrected chi connectivity index (χ1v) is 6.70. The van der Waals surface area contributed by atoms with Crippen LogP contribution in [0.15, 0.2) is 23.1 Å². The maximum absolute atomic E-state index is 11.9. The van der Waals surface area contributed by atoms with Gasteiger partial charge in [0, 0.05) is 30.1 Å². The highest BCUT2D eigenvalue weighted by molar-refractivity contribution is 7.85. The predicted molar refractivity (Wildman–Crippen MR) is 68.0 cm³/mol. The minimum Gasteiger partial charge on any atom is -0.399 e. The summed E-state index contributed by atoms with van der Waals surface area (Å²) in [5, 5.41) is 0. The van der Waals surface area contributed by atoms with Gasteiger partial charge in [0.15, 0.2) is 0 Å². The van der Waals surface area contributed by atoms with Crippen molar-refractivity contribution < 1.29 is 8.95 Å². The van der Waals surface area contributed by atoms with E-state index in [0.717, 1.165) is 35.6 Å².